The molecule has 2 rings (SSSR count). The van der Waals surface area contributed by atoms with Crippen LogP contribution in [-0.4, -0.2) is 23.9 Å². The molecule has 1 aliphatic rings. The number of benzene rings is 1. The summed E-state index contributed by atoms with van der Waals surface area (Å²) < 4.78 is 26.8. The Morgan fingerprint density at radius 1 is 1.25 bits per heavy atom. The normalized spacial score (nSPS) is 15.6. The van der Waals surface area contributed by atoms with Crippen LogP contribution in [0.25, 0.3) is 0 Å². The van der Waals surface area contributed by atoms with E-state index in [1.54, 1.807) is 4.90 Å². The number of rotatable bonds is 1. The quantitative estimate of drug-likeness (QED) is 0.728. The molecule has 0 radical (unpaired) electrons. The van der Waals surface area contributed by atoms with E-state index >= 15 is 0 Å². The van der Waals surface area contributed by atoms with Gasteiger partial charge in [-0.05, 0) is 40.9 Å². The van der Waals surface area contributed by atoms with Crippen LogP contribution in [-0.2, 0) is 0 Å². The highest BCUT2D eigenvalue weighted by molar-refractivity contribution is 9.10. The Kier molecular flexibility index (Phi) is 3.23. The molecule has 0 atom stereocenters. The van der Waals surface area contributed by atoms with E-state index in [1.807, 2.05) is 0 Å². The molecule has 0 N–H and O–H groups in total. The summed E-state index contributed by atoms with van der Waals surface area (Å²) in [6, 6.07) is 2.35. The Hall–Kier alpha value is -0.970. The van der Waals surface area contributed by atoms with Gasteiger partial charge in [0.05, 0.1) is 5.56 Å². The summed E-state index contributed by atoms with van der Waals surface area (Å²) in [5.41, 5.74) is -0.207. The average Bonchev–Trinajstić information content (AvgIpc) is 2.77. The van der Waals surface area contributed by atoms with Gasteiger partial charge < -0.3 is 4.90 Å². The Morgan fingerprint density at radius 2 is 1.88 bits per heavy atom. The van der Waals surface area contributed by atoms with Gasteiger partial charge in [0.2, 0.25) is 0 Å². The highest BCUT2D eigenvalue weighted by atomic mass is 79.9. The topological polar surface area (TPSA) is 20.3 Å². The SMILES string of the molecule is O=C(c1c(Br)ccc(F)c1F)N1CCCC1. The number of hydrogen-bond acceptors (Lipinski definition) is 1. The van der Waals surface area contributed by atoms with Crippen molar-refractivity contribution in [3.63, 3.8) is 0 Å². The lowest BCUT2D eigenvalue weighted by atomic mass is 10.2. The van der Waals surface area contributed by atoms with Gasteiger partial charge in [0.25, 0.3) is 5.91 Å². The van der Waals surface area contributed by atoms with Crippen LogP contribution in [0, 0.1) is 11.6 Å². The van der Waals surface area contributed by atoms with Crippen molar-refractivity contribution in [3.8, 4) is 0 Å². The van der Waals surface area contributed by atoms with Crippen molar-refractivity contribution in [2.24, 2.45) is 0 Å². The van der Waals surface area contributed by atoms with E-state index in [1.165, 1.54) is 6.07 Å². The fraction of sp³-hybridized carbons (Fsp3) is 0.364. The second-order valence-corrected chi connectivity index (χ2v) is 4.57. The van der Waals surface area contributed by atoms with Gasteiger partial charge in [-0.2, -0.15) is 0 Å². The zero-order chi connectivity index (χ0) is 11.7. The van der Waals surface area contributed by atoms with Gasteiger partial charge in [-0.15, -0.1) is 0 Å². The highest BCUT2D eigenvalue weighted by Gasteiger charge is 2.25. The summed E-state index contributed by atoms with van der Waals surface area (Å²) in [4.78, 5) is 13.5. The molecule has 1 aromatic rings. The standard InChI is InChI=1S/C11H10BrF2NO/c12-7-3-4-8(13)10(14)9(7)11(16)15-5-1-2-6-15/h3-4H,1-2,5-6H2. The predicted molar refractivity (Wildman–Crippen MR) is 59.2 cm³/mol. The van der Waals surface area contributed by atoms with Gasteiger partial charge in [-0.1, -0.05) is 0 Å². The molecule has 0 bridgehead atoms. The van der Waals surface area contributed by atoms with Gasteiger partial charge in [-0.25, -0.2) is 8.78 Å². The molecule has 0 unspecified atom stereocenters. The van der Waals surface area contributed by atoms with E-state index in [-0.39, 0.29) is 5.56 Å². The van der Waals surface area contributed by atoms with E-state index in [0.29, 0.717) is 17.6 Å². The van der Waals surface area contributed by atoms with Crippen molar-refractivity contribution in [2.45, 2.75) is 12.8 Å². The minimum Gasteiger partial charge on any atom is -0.339 e. The summed E-state index contributed by atoms with van der Waals surface area (Å²) in [6.45, 7) is 1.22. The zero-order valence-electron chi connectivity index (χ0n) is 8.47. The van der Waals surface area contributed by atoms with E-state index in [9.17, 15) is 13.6 Å². The molecule has 5 heteroatoms. The van der Waals surface area contributed by atoms with Gasteiger partial charge in [0.15, 0.2) is 11.6 Å². The number of nitrogens with zero attached hydrogens (tertiary/aromatic N) is 1. The first-order valence-electron chi connectivity index (χ1n) is 5.04. The summed E-state index contributed by atoms with van der Waals surface area (Å²) in [5, 5.41) is 0. The third kappa shape index (κ3) is 1.96. The van der Waals surface area contributed by atoms with Crippen LogP contribution in [0.2, 0.25) is 0 Å². The maximum absolute atomic E-state index is 13.5. The van der Waals surface area contributed by atoms with Crippen LogP contribution >= 0.6 is 15.9 Å². The monoisotopic (exact) mass is 289 g/mol. The van der Waals surface area contributed by atoms with Crippen LogP contribution in [0.3, 0.4) is 0 Å². The second-order valence-electron chi connectivity index (χ2n) is 3.72. The Labute approximate surface area is 100 Å². The first kappa shape index (κ1) is 11.5. The minimum atomic E-state index is -1.08. The largest absolute Gasteiger partial charge is 0.339 e. The number of carbonyl (C=O) groups is 1. The summed E-state index contributed by atoms with van der Waals surface area (Å²) in [5.74, 6) is -2.52. The molecule has 0 saturated carbocycles. The molecule has 1 saturated heterocycles. The Balaban J connectivity index is 2.39. The van der Waals surface area contributed by atoms with Crippen molar-refractivity contribution in [2.75, 3.05) is 13.1 Å². The fourth-order valence-corrected chi connectivity index (χ4v) is 2.28. The lowest BCUT2D eigenvalue weighted by molar-refractivity contribution is 0.0786. The number of likely N-dealkylation sites (tertiary alicyclic amines) is 1. The maximum atomic E-state index is 13.5. The summed E-state index contributed by atoms with van der Waals surface area (Å²) >= 11 is 3.07. The van der Waals surface area contributed by atoms with Gasteiger partial charge >= 0.3 is 0 Å². The van der Waals surface area contributed by atoms with Crippen molar-refractivity contribution >= 4 is 21.8 Å². The summed E-state index contributed by atoms with van der Waals surface area (Å²) in [6.07, 6.45) is 1.83. The van der Waals surface area contributed by atoms with Crippen molar-refractivity contribution in [3.05, 3.63) is 33.8 Å². The van der Waals surface area contributed by atoms with Crippen molar-refractivity contribution < 1.29 is 13.6 Å². The molecule has 16 heavy (non-hydrogen) atoms. The fourth-order valence-electron chi connectivity index (χ4n) is 1.80. The van der Waals surface area contributed by atoms with Crippen molar-refractivity contribution in [1.29, 1.82) is 0 Å². The predicted octanol–water partition coefficient (Wildman–Crippen LogP) is 2.96. The van der Waals surface area contributed by atoms with Crippen LogP contribution in [0.15, 0.2) is 16.6 Å². The zero-order valence-corrected chi connectivity index (χ0v) is 10.1. The third-order valence-electron chi connectivity index (χ3n) is 2.65. The molecule has 1 fully saturated rings. The smallest absolute Gasteiger partial charge is 0.258 e. The number of halogens is 3. The molecule has 86 valence electrons. The lowest BCUT2D eigenvalue weighted by Crippen LogP contribution is -2.29. The van der Waals surface area contributed by atoms with Crippen LogP contribution in [0.4, 0.5) is 8.78 Å². The minimum absolute atomic E-state index is 0.207. The van der Waals surface area contributed by atoms with E-state index in [0.717, 1.165) is 18.9 Å². The first-order valence-corrected chi connectivity index (χ1v) is 5.83. The number of amides is 1. The molecule has 0 aromatic heterocycles. The molecule has 0 spiro atoms. The molecule has 1 amide bonds. The number of carbonyl (C=O) groups excluding carboxylic acids is 1. The molecule has 0 aliphatic carbocycles. The van der Waals surface area contributed by atoms with E-state index < -0.39 is 17.5 Å². The van der Waals surface area contributed by atoms with Gasteiger partial charge in [-0.3, -0.25) is 4.79 Å². The number of hydrogen-bond donors (Lipinski definition) is 0. The van der Waals surface area contributed by atoms with Crippen LogP contribution in [0.1, 0.15) is 23.2 Å². The van der Waals surface area contributed by atoms with E-state index in [2.05, 4.69) is 15.9 Å². The van der Waals surface area contributed by atoms with Gasteiger partial charge in [0, 0.05) is 17.6 Å². The Bertz CT molecular complexity index is 430. The Morgan fingerprint density at radius 3 is 2.50 bits per heavy atom. The third-order valence-corrected chi connectivity index (χ3v) is 3.31. The highest BCUT2D eigenvalue weighted by Crippen LogP contribution is 2.25. The van der Waals surface area contributed by atoms with E-state index in [4.69, 9.17) is 0 Å². The first-order chi connectivity index (χ1) is 7.61. The molecule has 1 aliphatic heterocycles. The average molecular weight is 290 g/mol. The lowest BCUT2D eigenvalue weighted by Gasteiger charge is -2.16. The van der Waals surface area contributed by atoms with Crippen LogP contribution in [0.5, 0.6) is 0 Å². The molecule has 1 aromatic carbocycles. The molecule has 2 nitrogen and oxygen atoms in total. The van der Waals surface area contributed by atoms with Crippen molar-refractivity contribution in [1.82, 2.24) is 4.90 Å². The molecular formula is C11H10BrF2NO. The summed E-state index contributed by atoms with van der Waals surface area (Å²) in [7, 11) is 0. The maximum Gasteiger partial charge on any atom is 0.258 e. The molecular weight excluding hydrogens is 280 g/mol. The van der Waals surface area contributed by atoms with Crippen LogP contribution < -0.4 is 0 Å². The van der Waals surface area contributed by atoms with Gasteiger partial charge in [0.1, 0.15) is 0 Å². The molecule has 1 heterocycles. The second kappa shape index (κ2) is 4.49.